The lowest BCUT2D eigenvalue weighted by Gasteiger charge is -2.30. The number of aromatic nitrogens is 3. The van der Waals surface area contributed by atoms with E-state index in [0.29, 0.717) is 18.7 Å². The fourth-order valence-corrected chi connectivity index (χ4v) is 3.71. The molecule has 0 saturated carbocycles. The van der Waals surface area contributed by atoms with Crippen molar-refractivity contribution in [3.8, 4) is 16.9 Å². The second kappa shape index (κ2) is 7.13. The molecule has 8 heteroatoms. The molecule has 140 valence electrons. The maximum Gasteiger partial charge on any atom is 0.216 e. The minimum Gasteiger partial charge on any atom is -0.506 e. The Morgan fingerprint density at radius 3 is 2.70 bits per heavy atom. The van der Waals surface area contributed by atoms with Crippen molar-refractivity contribution in [3.63, 3.8) is 0 Å². The van der Waals surface area contributed by atoms with Gasteiger partial charge in [-0.15, -0.1) is 0 Å². The zero-order valence-corrected chi connectivity index (χ0v) is 16.0. The van der Waals surface area contributed by atoms with Crippen molar-refractivity contribution in [2.24, 2.45) is 0 Å². The molecule has 0 unspecified atom stereocenters. The van der Waals surface area contributed by atoms with Crippen molar-refractivity contribution in [2.45, 2.75) is 25.4 Å². The van der Waals surface area contributed by atoms with Gasteiger partial charge in [-0.05, 0) is 24.6 Å². The van der Waals surface area contributed by atoms with Crippen molar-refractivity contribution < 1.29 is 14.6 Å². The minimum atomic E-state index is -1.04. The molecule has 0 bridgehead atoms. The van der Waals surface area contributed by atoms with Gasteiger partial charge in [-0.3, -0.25) is 0 Å². The number of phenolic OH excluding ortho intramolecular Hbond substituents is 1. The van der Waals surface area contributed by atoms with Gasteiger partial charge in [0.25, 0.3) is 0 Å². The van der Waals surface area contributed by atoms with Gasteiger partial charge in [-0.1, -0.05) is 47.5 Å². The lowest BCUT2D eigenvalue weighted by molar-refractivity contribution is -0.186. The maximum absolute atomic E-state index is 9.82. The Morgan fingerprint density at radius 2 is 2.00 bits per heavy atom. The molecule has 6 nitrogen and oxygen atoms in total. The van der Waals surface area contributed by atoms with Crippen LogP contribution in [0.4, 0.5) is 0 Å². The van der Waals surface area contributed by atoms with E-state index in [9.17, 15) is 5.11 Å². The Bertz CT molecular complexity index is 965. The molecule has 3 aromatic rings. The summed E-state index contributed by atoms with van der Waals surface area (Å²) in [7, 11) is 0. The predicted octanol–water partition coefficient (Wildman–Crippen LogP) is 4.25. The van der Waals surface area contributed by atoms with E-state index in [2.05, 4.69) is 10.1 Å². The molecular formula is C19H17Cl2N3O3. The van der Waals surface area contributed by atoms with Gasteiger partial charge in [-0.2, -0.15) is 5.10 Å². The number of nitrogens with zero attached hydrogens (tertiary/aromatic N) is 3. The molecule has 1 saturated heterocycles. The average molecular weight is 406 g/mol. The average Bonchev–Trinajstić information content (AvgIpc) is 3.30. The van der Waals surface area contributed by atoms with Gasteiger partial charge in [0.1, 0.15) is 30.0 Å². The number of hydrogen-bond acceptors (Lipinski definition) is 5. The number of ether oxygens (including phenoxy) is 2. The lowest BCUT2D eigenvalue weighted by atomic mass is 9.93. The number of phenols is 1. The molecule has 2 atom stereocenters. The molecule has 0 radical (unpaired) electrons. The Labute approximate surface area is 166 Å². The van der Waals surface area contributed by atoms with Crippen LogP contribution in [-0.4, -0.2) is 32.6 Å². The lowest BCUT2D eigenvalue weighted by Crippen LogP contribution is -2.34. The van der Waals surface area contributed by atoms with E-state index < -0.39 is 5.79 Å². The quantitative estimate of drug-likeness (QED) is 0.702. The molecule has 27 heavy (non-hydrogen) atoms. The molecule has 2 aromatic carbocycles. The first-order chi connectivity index (χ1) is 13.0. The highest BCUT2D eigenvalue weighted by Gasteiger charge is 2.44. The van der Waals surface area contributed by atoms with Crippen LogP contribution in [0, 0.1) is 0 Å². The van der Waals surface area contributed by atoms with Gasteiger partial charge in [0.2, 0.25) is 5.79 Å². The van der Waals surface area contributed by atoms with Gasteiger partial charge >= 0.3 is 0 Å². The van der Waals surface area contributed by atoms with Crippen LogP contribution in [0.15, 0.2) is 49.1 Å². The zero-order valence-electron chi connectivity index (χ0n) is 14.5. The highest BCUT2D eigenvalue weighted by atomic mass is 35.5. The first kappa shape index (κ1) is 18.3. The maximum atomic E-state index is 9.82. The summed E-state index contributed by atoms with van der Waals surface area (Å²) in [5, 5.41) is 14.4. The Hall–Kier alpha value is -2.12. The SMILES string of the molecule is C[C@H]1CO[C@](Cn2cncn2)(c2ccccc2-c2ccc(O)c(Cl)c2Cl)O1. The van der Waals surface area contributed by atoms with Crippen LogP contribution >= 0.6 is 23.2 Å². The summed E-state index contributed by atoms with van der Waals surface area (Å²) in [5.41, 5.74) is 2.28. The number of hydrogen-bond donors (Lipinski definition) is 1. The second-order valence-electron chi connectivity index (χ2n) is 6.39. The molecule has 0 aliphatic carbocycles. The number of halogens is 2. The van der Waals surface area contributed by atoms with Crippen molar-refractivity contribution in [3.05, 3.63) is 64.7 Å². The number of rotatable bonds is 4. The minimum absolute atomic E-state index is 0.0674. The first-order valence-corrected chi connectivity index (χ1v) is 9.17. The summed E-state index contributed by atoms with van der Waals surface area (Å²) in [5.74, 6) is -1.11. The third kappa shape index (κ3) is 3.30. The normalized spacial score (nSPS) is 22.3. The molecule has 1 aromatic heterocycles. The number of benzene rings is 2. The first-order valence-electron chi connectivity index (χ1n) is 8.41. The Balaban J connectivity index is 1.87. The topological polar surface area (TPSA) is 69.4 Å². The van der Waals surface area contributed by atoms with E-state index in [0.717, 1.165) is 11.1 Å². The van der Waals surface area contributed by atoms with Crippen LogP contribution in [0.2, 0.25) is 10.0 Å². The molecule has 1 aliphatic heterocycles. The van der Waals surface area contributed by atoms with Crippen LogP contribution in [-0.2, 0) is 21.8 Å². The zero-order chi connectivity index (χ0) is 19.0. The van der Waals surface area contributed by atoms with E-state index in [1.54, 1.807) is 17.1 Å². The van der Waals surface area contributed by atoms with E-state index in [1.165, 1.54) is 12.4 Å². The largest absolute Gasteiger partial charge is 0.506 e. The van der Waals surface area contributed by atoms with Gasteiger partial charge in [-0.25, -0.2) is 9.67 Å². The van der Waals surface area contributed by atoms with Crippen LogP contribution in [0.5, 0.6) is 5.75 Å². The standard InChI is InChI=1S/C19H17Cl2N3O3/c1-12-8-26-19(27-12,9-24-11-22-10-23-24)15-5-3-2-4-13(15)14-6-7-16(25)18(21)17(14)20/h2-7,10-12,25H,8-9H2,1H3/t12-,19-/m0/s1. The van der Waals surface area contributed by atoms with Crippen molar-refractivity contribution in [2.75, 3.05) is 6.61 Å². The summed E-state index contributed by atoms with van der Waals surface area (Å²) in [6, 6.07) is 10.9. The molecule has 1 aliphatic rings. The molecule has 1 N–H and O–H groups in total. The van der Waals surface area contributed by atoms with E-state index in [-0.39, 0.29) is 21.9 Å². The molecule has 4 rings (SSSR count). The summed E-state index contributed by atoms with van der Waals surface area (Å²) < 4.78 is 14.0. The van der Waals surface area contributed by atoms with E-state index >= 15 is 0 Å². The highest BCUT2D eigenvalue weighted by molar-refractivity contribution is 6.44. The van der Waals surface area contributed by atoms with Gasteiger partial charge in [0, 0.05) is 11.1 Å². The van der Waals surface area contributed by atoms with Crippen LogP contribution in [0.3, 0.4) is 0 Å². The van der Waals surface area contributed by atoms with Gasteiger partial charge in [0.05, 0.1) is 17.7 Å². The molecule has 0 spiro atoms. The summed E-state index contributed by atoms with van der Waals surface area (Å²) in [4.78, 5) is 4.00. The van der Waals surface area contributed by atoms with E-state index in [1.807, 2.05) is 31.2 Å². The highest BCUT2D eigenvalue weighted by Crippen LogP contribution is 2.45. The van der Waals surface area contributed by atoms with Crippen molar-refractivity contribution in [1.82, 2.24) is 14.8 Å². The fourth-order valence-electron chi connectivity index (χ4n) is 3.28. The van der Waals surface area contributed by atoms with E-state index in [4.69, 9.17) is 32.7 Å². The molecule has 2 heterocycles. The molecule has 0 amide bonds. The predicted molar refractivity (Wildman–Crippen MR) is 102 cm³/mol. The van der Waals surface area contributed by atoms with Crippen LogP contribution in [0.25, 0.3) is 11.1 Å². The summed E-state index contributed by atoms with van der Waals surface area (Å²) in [6.45, 7) is 2.74. The van der Waals surface area contributed by atoms with Crippen LogP contribution in [0.1, 0.15) is 12.5 Å². The summed E-state index contributed by atoms with van der Waals surface area (Å²) in [6.07, 6.45) is 3.00. The smallest absolute Gasteiger partial charge is 0.216 e. The van der Waals surface area contributed by atoms with Crippen LogP contribution < -0.4 is 0 Å². The number of aromatic hydroxyl groups is 1. The third-order valence-corrected chi connectivity index (χ3v) is 5.34. The fraction of sp³-hybridized carbons (Fsp3) is 0.263. The Kier molecular flexibility index (Phi) is 4.82. The second-order valence-corrected chi connectivity index (χ2v) is 7.15. The third-order valence-electron chi connectivity index (χ3n) is 4.47. The van der Waals surface area contributed by atoms with Crippen molar-refractivity contribution in [1.29, 1.82) is 0 Å². The van der Waals surface area contributed by atoms with Gasteiger partial charge < -0.3 is 14.6 Å². The van der Waals surface area contributed by atoms with Crippen molar-refractivity contribution >= 4 is 23.2 Å². The Morgan fingerprint density at radius 1 is 1.19 bits per heavy atom. The molecule has 1 fully saturated rings. The monoisotopic (exact) mass is 405 g/mol. The van der Waals surface area contributed by atoms with Gasteiger partial charge in [0.15, 0.2) is 0 Å². The molecular weight excluding hydrogens is 389 g/mol. The summed E-state index contributed by atoms with van der Waals surface area (Å²) >= 11 is 12.6.